The first-order valence-electron chi connectivity index (χ1n) is 5.73. The Kier molecular flexibility index (Phi) is 3.06. The highest BCUT2D eigenvalue weighted by atomic mass is 16.3. The first-order valence-corrected chi connectivity index (χ1v) is 5.73. The fourth-order valence-corrected chi connectivity index (χ4v) is 2.15. The van der Waals surface area contributed by atoms with Gasteiger partial charge < -0.3 is 10.4 Å². The number of carbonyl (C=O) groups is 1. The summed E-state index contributed by atoms with van der Waals surface area (Å²) in [6.07, 6.45) is 6.21. The minimum absolute atomic E-state index is 0.191. The van der Waals surface area contributed by atoms with Gasteiger partial charge in [0.05, 0.1) is 6.10 Å². The van der Waals surface area contributed by atoms with Crippen LogP contribution < -0.4 is 5.32 Å². The highest BCUT2D eigenvalue weighted by Crippen LogP contribution is 2.29. The molecular formula is C11H19NO2. The van der Waals surface area contributed by atoms with Crippen LogP contribution in [0, 0.1) is 11.8 Å². The molecule has 2 fully saturated rings. The monoisotopic (exact) mass is 197 g/mol. The average molecular weight is 197 g/mol. The van der Waals surface area contributed by atoms with E-state index >= 15 is 0 Å². The van der Waals surface area contributed by atoms with Gasteiger partial charge in [0.2, 0.25) is 5.91 Å². The Morgan fingerprint density at radius 1 is 1.21 bits per heavy atom. The smallest absolute Gasteiger partial charge is 0.223 e. The number of nitrogens with one attached hydrogen (secondary N) is 1. The van der Waals surface area contributed by atoms with E-state index in [1.165, 1.54) is 6.42 Å². The fraction of sp³-hybridized carbons (Fsp3) is 0.909. The van der Waals surface area contributed by atoms with Crippen molar-refractivity contribution in [2.45, 2.75) is 44.6 Å². The summed E-state index contributed by atoms with van der Waals surface area (Å²) in [6.45, 7) is 0.677. The number of aliphatic hydroxyl groups is 1. The minimum Gasteiger partial charge on any atom is -0.393 e. The Morgan fingerprint density at radius 2 is 1.93 bits per heavy atom. The van der Waals surface area contributed by atoms with E-state index in [0.717, 1.165) is 32.1 Å². The molecule has 3 nitrogen and oxygen atoms in total. The van der Waals surface area contributed by atoms with Crippen LogP contribution in [0.3, 0.4) is 0 Å². The molecule has 0 aromatic rings. The first-order chi connectivity index (χ1) is 6.77. The van der Waals surface area contributed by atoms with Crippen molar-refractivity contribution in [2.24, 2.45) is 11.8 Å². The molecule has 2 aliphatic carbocycles. The predicted molar refractivity (Wildman–Crippen MR) is 53.7 cm³/mol. The number of hydrogen-bond acceptors (Lipinski definition) is 2. The Balaban J connectivity index is 1.70. The van der Waals surface area contributed by atoms with Crippen molar-refractivity contribution in [3.8, 4) is 0 Å². The summed E-state index contributed by atoms with van der Waals surface area (Å²) in [4.78, 5) is 11.4. The Hall–Kier alpha value is -0.570. The molecule has 0 radical (unpaired) electrons. The molecule has 0 aromatic heterocycles. The van der Waals surface area contributed by atoms with Gasteiger partial charge in [-0.1, -0.05) is 12.8 Å². The second-order valence-electron chi connectivity index (χ2n) is 4.63. The molecule has 2 aliphatic rings. The molecule has 3 heteroatoms. The molecule has 14 heavy (non-hydrogen) atoms. The van der Waals surface area contributed by atoms with Crippen LogP contribution in [0.4, 0.5) is 0 Å². The van der Waals surface area contributed by atoms with Crippen LogP contribution >= 0.6 is 0 Å². The number of aliphatic hydroxyl groups excluding tert-OH is 1. The molecule has 2 saturated carbocycles. The third-order valence-corrected chi connectivity index (χ3v) is 3.36. The molecule has 0 spiro atoms. The number of rotatable bonds is 3. The molecule has 2 atom stereocenters. The lowest BCUT2D eigenvalue weighted by atomic mass is 9.86. The van der Waals surface area contributed by atoms with Gasteiger partial charge in [0, 0.05) is 18.4 Å². The zero-order chi connectivity index (χ0) is 9.97. The van der Waals surface area contributed by atoms with Crippen molar-refractivity contribution in [1.82, 2.24) is 5.32 Å². The summed E-state index contributed by atoms with van der Waals surface area (Å²) in [5, 5.41) is 12.6. The summed E-state index contributed by atoms with van der Waals surface area (Å²) in [5.41, 5.74) is 0. The zero-order valence-corrected chi connectivity index (χ0v) is 8.54. The summed E-state index contributed by atoms with van der Waals surface area (Å²) >= 11 is 0. The maximum atomic E-state index is 11.4. The zero-order valence-electron chi connectivity index (χ0n) is 8.54. The van der Waals surface area contributed by atoms with E-state index < -0.39 is 0 Å². The summed E-state index contributed by atoms with van der Waals surface area (Å²) in [7, 11) is 0. The van der Waals surface area contributed by atoms with Gasteiger partial charge in [0.15, 0.2) is 0 Å². The first kappa shape index (κ1) is 9.97. The Labute approximate surface area is 84.9 Å². The lowest BCUT2D eigenvalue weighted by Crippen LogP contribution is -2.37. The SMILES string of the molecule is O=C(NCC1CCCCC1O)C1CC1. The molecule has 0 aliphatic heterocycles. The molecule has 0 aromatic carbocycles. The molecule has 0 bridgehead atoms. The van der Waals surface area contributed by atoms with E-state index in [0.29, 0.717) is 12.5 Å². The summed E-state index contributed by atoms with van der Waals surface area (Å²) < 4.78 is 0. The van der Waals surface area contributed by atoms with Crippen molar-refractivity contribution in [3.63, 3.8) is 0 Å². The van der Waals surface area contributed by atoms with Crippen LogP contribution in [-0.2, 0) is 4.79 Å². The Bertz CT molecular complexity index is 213. The van der Waals surface area contributed by atoms with Crippen molar-refractivity contribution in [3.05, 3.63) is 0 Å². The maximum Gasteiger partial charge on any atom is 0.223 e. The van der Waals surface area contributed by atoms with Crippen LogP contribution in [0.1, 0.15) is 38.5 Å². The fourth-order valence-electron chi connectivity index (χ4n) is 2.15. The number of amides is 1. The third-order valence-electron chi connectivity index (χ3n) is 3.36. The van der Waals surface area contributed by atoms with Gasteiger partial charge in [-0.2, -0.15) is 0 Å². The van der Waals surface area contributed by atoms with Crippen molar-refractivity contribution < 1.29 is 9.90 Å². The average Bonchev–Trinajstić information content (AvgIpc) is 2.99. The summed E-state index contributed by atoms with van der Waals surface area (Å²) in [5.74, 6) is 0.782. The second-order valence-corrected chi connectivity index (χ2v) is 4.63. The predicted octanol–water partition coefficient (Wildman–Crippen LogP) is 1.06. The highest BCUT2D eigenvalue weighted by molar-refractivity contribution is 5.80. The lowest BCUT2D eigenvalue weighted by Gasteiger charge is -2.27. The van der Waals surface area contributed by atoms with Crippen molar-refractivity contribution in [2.75, 3.05) is 6.54 Å². The van der Waals surface area contributed by atoms with Crippen LogP contribution in [-0.4, -0.2) is 23.7 Å². The van der Waals surface area contributed by atoms with E-state index in [-0.39, 0.29) is 17.9 Å². The summed E-state index contributed by atoms with van der Waals surface area (Å²) in [6, 6.07) is 0. The van der Waals surface area contributed by atoms with Crippen LogP contribution in [0.5, 0.6) is 0 Å². The van der Waals surface area contributed by atoms with E-state index in [4.69, 9.17) is 0 Å². The van der Waals surface area contributed by atoms with Gasteiger partial charge in [-0.3, -0.25) is 4.79 Å². The van der Waals surface area contributed by atoms with Crippen molar-refractivity contribution >= 4 is 5.91 Å². The molecule has 80 valence electrons. The van der Waals surface area contributed by atoms with Gasteiger partial charge in [-0.05, 0) is 25.7 Å². The topological polar surface area (TPSA) is 49.3 Å². The molecule has 2 rings (SSSR count). The van der Waals surface area contributed by atoms with E-state index in [9.17, 15) is 9.90 Å². The van der Waals surface area contributed by atoms with Gasteiger partial charge >= 0.3 is 0 Å². The molecule has 1 amide bonds. The van der Waals surface area contributed by atoms with E-state index in [1.54, 1.807) is 0 Å². The lowest BCUT2D eigenvalue weighted by molar-refractivity contribution is -0.122. The van der Waals surface area contributed by atoms with Gasteiger partial charge in [0.25, 0.3) is 0 Å². The van der Waals surface area contributed by atoms with Gasteiger partial charge in [0.1, 0.15) is 0 Å². The van der Waals surface area contributed by atoms with E-state index in [1.807, 2.05) is 0 Å². The standard InChI is InChI=1S/C11H19NO2/c13-10-4-2-1-3-9(10)7-12-11(14)8-5-6-8/h8-10,13H,1-7H2,(H,12,14). The second kappa shape index (κ2) is 4.30. The van der Waals surface area contributed by atoms with Crippen molar-refractivity contribution in [1.29, 1.82) is 0 Å². The van der Waals surface area contributed by atoms with E-state index in [2.05, 4.69) is 5.32 Å². The van der Waals surface area contributed by atoms with Gasteiger partial charge in [-0.25, -0.2) is 0 Å². The quantitative estimate of drug-likeness (QED) is 0.711. The largest absolute Gasteiger partial charge is 0.393 e. The van der Waals surface area contributed by atoms with Crippen LogP contribution in [0.15, 0.2) is 0 Å². The highest BCUT2D eigenvalue weighted by Gasteiger charge is 2.30. The minimum atomic E-state index is -0.191. The number of carbonyl (C=O) groups excluding carboxylic acids is 1. The van der Waals surface area contributed by atoms with Crippen LogP contribution in [0.25, 0.3) is 0 Å². The Morgan fingerprint density at radius 3 is 2.57 bits per heavy atom. The maximum absolute atomic E-state index is 11.4. The normalized spacial score (nSPS) is 32.6. The van der Waals surface area contributed by atoms with Gasteiger partial charge in [-0.15, -0.1) is 0 Å². The molecule has 0 heterocycles. The number of hydrogen-bond donors (Lipinski definition) is 2. The van der Waals surface area contributed by atoms with Crippen LogP contribution in [0.2, 0.25) is 0 Å². The molecule has 0 saturated heterocycles. The molecular weight excluding hydrogens is 178 g/mol. The molecule has 2 unspecified atom stereocenters. The third kappa shape index (κ3) is 2.47. The molecule has 2 N–H and O–H groups in total.